The second-order valence-corrected chi connectivity index (χ2v) is 3.42. The first-order chi connectivity index (χ1) is 7.26. The summed E-state index contributed by atoms with van der Waals surface area (Å²) in [6, 6.07) is 5.57. The Kier molecular flexibility index (Phi) is 2.46. The van der Waals surface area contributed by atoms with E-state index in [9.17, 15) is 4.79 Å². The Labute approximate surface area is 88.1 Å². The van der Waals surface area contributed by atoms with Gasteiger partial charge in [-0.05, 0) is 24.1 Å². The van der Waals surface area contributed by atoms with Gasteiger partial charge in [-0.25, -0.2) is 4.79 Å². The summed E-state index contributed by atoms with van der Waals surface area (Å²) in [5.41, 5.74) is 2.82. The standard InChI is InChI=1S/C12H13NO2/c1-3-8-7-13-11-6-9(12(14)15-2)4-5-10(8)11/h4-7,13H,3H2,1-2H3. The number of aromatic nitrogens is 1. The highest BCUT2D eigenvalue weighted by Crippen LogP contribution is 2.20. The lowest BCUT2D eigenvalue weighted by Crippen LogP contribution is -2.00. The van der Waals surface area contributed by atoms with E-state index in [4.69, 9.17) is 0 Å². The third-order valence-corrected chi connectivity index (χ3v) is 2.57. The average molecular weight is 203 g/mol. The Balaban J connectivity index is 2.53. The highest BCUT2D eigenvalue weighted by molar-refractivity contribution is 5.95. The van der Waals surface area contributed by atoms with Gasteiger partial charge in [0.05, 0.1) is 12.7 Å². The molecule has 2 aromatic rings. The monoisotopic (exact) mass is 203 g/mol. The minimum absolute atomic E-state index is 0.301. The van der Waals surface area contributed by atoms with Gasteiger partial charge < -0.3 is 9.72 Å². The number of H-pyrrole nitrogens is 1. The van der Waals surface area contributed by atoms with E-state index >= 15 is 0 Å². The van der Waals surface area contributed by atoms with E-state index in [1.165, 1.54) is 18.1 Å². The van der Waals surface area contributed by atoms with Gasteiger partial charge in [-0.1, -0.05) is 13.0 Å². The van der Waals surface area contributed by atoms with Crippen molar-refractivity contribution < 1.29 is 9.53 Å². The SMILES string of the molecule is CCc1c[nH]c2cc(C(=O)OC)ccc12. The Morgan fingerprint density at radius 2 is 2.27 bits per heavy atom. The topological polar surface area (TPSA) is 42.1 Å². The number of hydrogen-bond acceptors (Lipinski definition) is 2. The molecular formula is C12H13NO2. The zero-order chi connectivity index (χ0) is 10.8. The van der Waals surface area contributed by atoms with E-state index in [0.717, 1.165) is 11.9 Å². The first-order valence-corrected chi connectivity index (χ1v) is 4.94. The molecule has 0 aliphatic carbocycles. The molecule has 3 heteroatoms. The van der Waals surface area contributed by atoms with Crippen LogP contribution < -0.4 is 0 Å². The van der Waals surface area contributed by atoms with Crippen LogP contribution in [-0.2, 0) is 11.2 Å². The predicted octanol–water partition coefficient (Wildman–Crippen LogP) is 2.52. The third kappa shape index (κ3) is 1.61. The van der Waals surface area contributed by atoms with E-state index in [2.05, 4.69) is 16.6 Å². The molecule has 0 amide bonds. The first kappa shape index (κ1) is 9.77. The normalized spacial score (nSPS) is 10.5. The number of aryl methyl sites for hydroxylation is 1. The quantitative estimate of drug-likeness (QED) is 0.762. The minimum Gasteiger partial charge on any atom is -0.465 e. The van der Waals surface area contributed by atoms with Crippen molar-refractivity contribution in [3.05, 3.63) is 35.5 Å². The predicted molar refractivity (Wildman–Crippen MR) is 59.0 cm³/mol. The largest absolute Gasteiger partial charge is 0.465 e. The fraction of sp³-hybridized carbons (Fsp3) is 0.250. The highest BCUT2D eigenvalue weighted by Gasteiger charge is 2.08. The van der Waals surface area contributed by atoms with E-state index < -0.39 is 0 Å². The average Bonchev–Trinajstić information content (AvgIpc) is 2.69. The number of methoxy groups -OCH3 is 1. The number of ether oxygens (including phenoxy) is 1. The maximum absolute atomic E-state index is 11.3. The molecule has 0 saturated heterocycles. The molecule has 0 aliphatic rings. The van der Waals surface area contributed by atoms with Gasteiger partial charge >= 0.3 is 5.97 Å². The van der Waals surface area contributed by atoms with Gasteiger partial charge in [-0.3, -0.25) is 0 Å². The molecule has 1 N–H and O–H groups in total. The van der Waals surface area contributed by atoms with Crippen molar-refractivity contribution in [2.75, 3.05) is 7.11 Å². The molecule has 1 aromatic carbocycles. The van der Waals surface area contributed by atoms with Crippen molar-refractivity contribution in [1.82, 2.24) is 4.98 Å². The molecule has 0 saturated carbocycles. The van der Waals surface area contributed by atoms with E-state index in [1.54, 1.807) is 6.07 Å². The van der Waals surface area contributed by atoms with Crippen LogP contribution in [0.2, 0.25) is 0 Å². The number of nitrogens with one attached hydrogen (secondary N) is 1. The molecule has 0 aliphatic heterocycles. The summed E-state index contributed by atoms with van der Waals surface area (Å²) in [5, 5.41) is 1.17. The molecule has 3 nitrogen and oxygen atoms in total. The third-order valence-electron chi connectivity index (χ3n) is 2.57. The maximum Gasteiger partial charge on any atom is 0.337 e. The number of carbonyl (C=O) groups excluding carboxylic acids is 1. The Morgan fingerprint density at radius 1 is 1.47 bits per heavy atom. The van der Waals surface area contributed by atoms with E-state index in [1.807, 2.05) is 18.3 Å². The lowest BCUT2D eigenvalue weighted by Gasteiger charge is -1.99. The van der Waals surface area contributed by atoms with Crippen molar-refractivity contribution >= 4 is 16.9 Å². The number of benzene rings is 1. The number of carbonyl (C=O) groups is 1. The van der Waals surface area contributed by atoms with Gasteiger partial charge in [0.2, 0.25) is 0 Å². The van der Waals surface area contributed by atoms with Crippen molar-refractivity contribution in [2.45, 2.75) is 13.3 Å². The molecule has 0 bridgehead atoms. The molecule has 1 aromatic heterocycles. The lowest BCUT2D eigenvalue weighted by molar-refractivity contribution is 0.0601. The molecule has 0 unspecified atom stereocenters. The van der Waals surface area contributed by atoms with Crippen molar-refractivity contribution in [3.63, 3.8) is 0 Å². The summed E-state index contributed by atoms with van der Waals surface area (Å²) >= 11 is 0. The summed E-state index contributed by atoms with van der Waals surface area (Å²) < 4.78 is 4.67. The number of hydrogen-bond donors (Lipinski definition) is 1. The smallest absolute Gasteiger partial charge is 0.337 e. The Bertz CT molecular complexity index is 499. The zero-order valence-corrected chi connectivity index (χ0v) is 8.83. The van der Waals surface area contributed by atoms with Crippen LogP contribution in [0.4, 0.5) is 0 Å². The number of aromatic amines is 1. The maximum atomic E-state index is 11.3. The van der Waals surface area contributed by atoms with Crippen LogP contribution in [0.5, 0.6) is 0 Å². The molecule has 0 radical (unpaired) electrons. The Hall–Kier alpha value is -1.77. The molecule has 0 fully saturated rings. The molecule has 0 atom stereocenters. The fourth-order valence-electron chi connectivity index (χ4n) is 1.72. The van der Waals surface area contributed by atoms with E-state index in [-0.39, 0.29) is 5.97 Å². The van der Waals surface area contributed by atoms with Crippen molar-refractivity contribution in [1.29, 1.82) is 0 Å². The van der Waals surface area contributed by atoms with Gasteiger partial charge in [-0.2, -0.15) is 0 Å². The van der Waals surface area contributed by atoms with Crippen LogP contribution in [-0.4, -0.2) is 18.1 Å². The highest BCUT2D eigenvalue weighted by atomic mass is 16.5. The molecule has 78 valence electrons. The van der Waals surface area contributed by atoms with Gasteiger partial charge in [0.15, 0.2) is 0 Å². The van der Waals surface area contributed by atoms with Crippen LogP contribution in [0, 0.1) is 0 Å². The molecular weight excluding hydrogens is 190 g/mol. The number of esters is 1. The van der Waals surface area contributed by atoms with Crippen LogP contribution >= 0.6 is 0 Å². The fourth-order valence-corrected chi connectivity index (χ4v) is 1.72. The summed E-state index contributed by atoms with van der Waals surface area (Å²) in [6.45, 7) is 2.11. The summed E-state index contributed by atoms with van der Waals surface area (Å²) in [7, 11) is 1.39. The number of rotatable bonds is 2. The van der Waals surface area contributed by atoms with Gasteiger partial charge in [0, 0.05) is 17.1 Å². The summed E-state index contributed by atoms with van der Waals surface area (Å²) in [5.74, 6) is -0.301. The first-order valence-electron chi connectivity index (χ1n) is 4.94. The van der Waals surface area contributed by atoms with Crippen LogP contribution in [0.15, 0.2) is 24.4 Å². The van der Waals surface area contributed by atoms with Crippen LogP contribution in [0.3, 0.4) is 0 Å². The van der Waals surface area contributed by atoms with Crippen molar-refractivity contribution in [2.24, 2.45) is 0 Å². The Morgan fingerprint density at radius 3 is 2.93 bits per heavy atom. The minimum atomic E-state index is -0.301. The zero-order valence-electron chi connectivity index (χ0n) is 8.83. The second kappa shape index (κ2) is 3.77. The van der Waals surface area contributed by atoms with Crippen LogP contribution in [0.25, 0.3) is 10.9 Å². The molecule has 2 rings (SSSR count). The molecule has 1 heterocycles. The number of fused-ring (bicyclic) bond motifs is 1. The molecule has 0 spiro atoms. The second-order valence-electron chi connectivity index (χ2n) is 3.42. The van der Waals surface area contributed by atoms with E-state index in [0.29, 0.717) is 5.56 Å². The summed E-state index contributed by atoms with van der Waals surface area (Å²) in [6.07, 6.45) is 2.96. The lowest BCUT2D eigenvalue weighted by atomic mass is 10.1. The summed E-state index contributed by atoms with van der Waals surface area (Å²) in [4.78, 5) is 14.4. The van der Waals surface area contributed by atoms with Gasteiger partial charge in [0.25, 0.3) is 0 Å². The van der Waals surface area contributed by atoms with Gasteiger partial charge in [-0.15, -0.1) is 0 Å². The molecule has 15 heavy (non-hydrogen) atoms. The van der Waals surface area contributed by atoms with Crippen LogP contribution in [0.1, 0.15) is 22.8 Å². The van der Waals surface area contributed by atoms with Gasteiger partial charge in [0.1, 0.15) is 0 Å². The van der Waals surface area contributed by atoms with Crippen molar-refractivity contribution in [3.8, 4) is 0 Å².